The Balaban J connectivity index is 1.99. The van der Waals surface area contributed by atoms with Crippen LogP contribution in [-0.2, 0) is 16.8 Å². The fraction of sp³-hybridized carbons (Fsp3) is 0.538. The third-order valence-corrected chi connectivity index (χ3v) is 5.62. The van der Waals surface area contributed by atoms with Crippen molar-refractivity contribution in [3.8, 4) is 0 Å². The predicted octanol–water partition coefficient (Wildman–Crippen LogP) is 2.66. The first-order chi connectivity index (χ1) is 8.99. The molecule has 1 N–H and O–H groups in total. The highest BCUT2D eigenvalue weighted by Crippen LogP contribution is 2.19. The summed E-state index contributed by atoms with van der Waals surface area (Å²) < 4.78 is 29.7. The number of nitrogens with zero attached hydrogens (tertiary/aromatic N) is 1. The van der Waals surface area contributed by atoms with Gasteiger partial charge in [-0.1, -0.05) is 34.5 Å². The van der Waals surface area contributed by atoms with E-state index in [1.807, 2.05) is 31.2 Å². The summed E-state index contributed by atoms with van der Waals surface area (Å²) in [5, 5.41) is 0. The van der Waals surface area contributed by atoms with Crippen molar-refractivity contribution in [2.45, 2.75) is 38.8 Å². The van der Waals surface area contributed by atoms with Gasteiger partial charge in [0.15, 0.2) is 0 Å². The molecule has 1 aromatic rings. The Labute approximate surface area is 123 Å². The van der Waals surface area contributed by atoms with E-state index in [0.29, 0.717) is 13.1 Å². The van der Waals surface area contributed by atoms with Crippen LogP contribution in [0.4, 0.5) is 0 Å². The molecule has 0 aliphatic carbocycles. The Bertz CT molecular complexity index is 516. The molecule has 0 radical (unpaired) electrons. The van der Waals surface area contributed by atoms with Crippen molar-refractivity contribution in [1.82, 2.24) is 9.03 Å². The van der Waals surface area contributed by atoms with Gasteiger partial charge in [-0.05, 0) is 37.5 Å². The van der Waals surface area contributed by atoms with Crippen LogP contribution in [-0.4, -0.2) is 25.3 Å². The van der Waals surface area contributed by atoms with Crippen molar-refractivity contribution in [2.24, 2.45) is 0 Å². The average Bonchev–Trinajstić information content (AvgIpc) is 2.38. The predicted molar refractivity (Wildman–Crippen MR) is 79.9 cm³/mol. The summed E-state index contributed by atoms with van der Waals surface area (Å²) in [7, 11) is -3.37. The number of benzene rings is 1. The molecule has 1 saturated heterocycles. The van der Waals surface area contributed by atoms with Crippen LogP contribution >= 0.6 is 15.9 Å². The quantitative estimate of drug-likeness (QED) is 0.910. The molecular weight excluding hydrogens is 328 g/mol. The summed E-state index contributed by atoms with van der Waals surface area (Å²) in [6.07, 6.45) is 3.00. The van der Waals surface area contributed by atoms with Crippen LogP contribution in [0.2, 0.25) is 0 Å². The molecule has 106 valence electrons. The summed E-state index contributed by atoms with van der Waals surface area (Å²) in [5.41, 5.74) is 0.955. The minimum absolute atomic E-state index is 0.0937. The first-order valence-corrected chi connectivity index (χ1v) is 8.73. The van der Waals surface area contributed by atoms with Crippen molar-refractivity contribution in [2.75, 3.05) is 6.54 Å². The molecule has 1 aliphatic heterocycles. The van der Waals surface area contributed by atoms with Crippen LogP contribution in [0, 0.1) is 0 Å². The Kier molecular flexibility index (Phi) is 5.00. The highest BCUT2D eigenvalue weighted by Gasteiger charge is 2.28. The van der Waals surface area contributed by atoms with Gasteiger partial charge in [-0.15, -0.1) is 0 Å². The third-order valence-electron chi connectivity index (χ3n) is 3.42. The summed E-state index contributed by atoms with van der Waals surface area (Å²) in [4.78, 5) is 0. The van der Waals surface area contributed by atoms with Gasteiger partial charge in [-0.25, -0.2) is 0 Å². The largest absolute Gasteiger partial charge is 0.279 e. The molecule has 0 amide bonds. The van der Waals surface area contributed by atoms with E-state index in [1.54, 1.807) is 4.31 Å². The van der Waals surface area contributed by atoms with E-state index in [2.05, 4.69) is 20.7 Å². The second-order valence-corrected chi connectivity index (χ2v) is 7.53. The minimum Gasteiger partial charge on any atom is -0.198 e. The van der Waals surface area contributed by atoms with Gasteiger partial charge in [0, 0.05) is 23.6 Å². The molecule has 1 aliphatic rings. The lowest BCUT2D eigenvalue weighted by molar-refractivity contribution is 0.265. The zero-order chi connectivity index (χ0) is 13.9. The lowest BCUT2D eigenvalue weighted by Gasteiger charge is -2.32. The lowest BCUT2D eigenvalue weighted by atomic mass is 10.1. The Morgan fingerprint density at radius 2 is 2.00 bits per heavy atom. The maximum Gasteiger partial charge on any atom is 0.279 e. The van der Waals surface area contributed by atoms with E-state index in [9.17, 15) is 8.42 Å². The molecule has 1 aromatic carbocycles. The first kappa shape index (κ1) is 15.0. The van der Waals surface area contributed by atoms with E-state index >= 15 is 0 Å². The summed E-state index contributed by atoms with van der Waals surface area (Å²) >= 11 is 3.36. The molecule has 0 spiro atoms. The van der Waals surface area contributed by atoms with Gasteiger partial charge in [0.25, 0.3) is 10.2 Å². The monoisotopic (exact) mass is 346 g/mol. The Morgan fingerprint density at radius 3 is 2.63 bits per heavy atom. The minimum atomic E-state index is -3.37. The summed E-state index contributed by atoms with van der Waals surface area (Å²) in [5.74, 6) is 0. The molecule has 4 nitrogen and oxygen atoms in total. The fourth-order valence-corrected chi connectivity index (χ4v) is 4.02. The van der Waals surface area contributed by atoms with Crippen LogP contribution in [0.5, 0.6) is 0 Å². The van der Waals surface area contributed by atoms with E-state index in [4.69, 9.17) is 0 Å². The van der Waals surface area contributed by atoms with Gasteiger partial charge in [-0.2, -0.15) is 17.4 Å². The van der Waals surface area contributed by atoms with Crippen LogP contribution in [0.1, 0.15) is 31.7 Å². The standard InChI is InChI=1S/C13H19BrN2O2S/c1-11-4-2-3-9-16(11)19(17,18)15-10-12-5-7-13(14)8-6-12/h5-8,11,15H,2-4,9-10H2,1H3. The zero-order valence-corrected chi connectivity index (χ0v) is 13.4. The molecule has 19 heavy (non-hydrogen) atoms. The third kappa shape index (κ3) is 4.02. The average molecular weight is 347 g/mol. The molecule has 0 bridgehead atoms. The first-order valence-electron chi connectivity index (χ1n) is 6.50. The van der Waals surface area contributed by atoms with Crippen LogP contribution < -0.4 is 4.72 Å². The molecule has 6 heteroatoms. The van der Waals surface area contributed by atoms with Crippen molar-refractivity contribution >= 4 is 26.1 Å². The molecule has 0 aromatic heterocycles. The molecule has 1 heterocycles. The van der Waals surface area contributed by atoms with Gasteiger partial charge >= 0.3 is 0 Å². The Morgan fingerprint density at radius 1 is 1.32 bits per heavy atom. The van der Waals surface area contributed by atoms with Crippen LogP contribution in [0.25, 0.3) is 0 Å². The van der Waals surface area contributed by atoms with Gasteiger partial charge in [0.05, 0.1) is 0 Å². The molecular formula is C13H19BrN2O2S. The molecule has 0 saturated carbocycles. The maximum absolute atomic E-state index is 12.2. The van der Waals surface area contributed by atoms with E-state index in [1.165, 1.54) is 0 Å². The highest BCUT2D eigenvalue weighted by molar-refractivity contribution is 9.10. The maximum atomic E-state index is 12.2. The van der Waals surface area contributed by atoms with E-state index < -0.39 is 10.2 Å². The normalized spacial score (nSPS) is 21.5. The number of hydrogen-bond donors (Lipinski definition) is 1. The van der Waals surface area contributed by atoms with Gasteiger partial charge in [0.2, 0.25) is 0 Å². The molecule has 1 fully saturated rings. The number of piperidine rings is 1. The molecule has 1 atom stereocenters. The second kappa shape index (κ2) is 6.35. The van der Waals surface area contributed by atoms with Crippen molar-refractivity contribution in [3.05, 3.63) is 34.3 Å². The summed E-state index contributed by atoms with van der Waals surface area (Å²) in [6.45, 7) is 2.92. The number of halogens is 1. The van der Waals surface area contributed by atoms with Crippen LogP contribution in [0.3, 0.4) is 0 Å². The molecule has 1 unspecified atom stereocenters. The topological polar surface area (TPSA) is 49.4 Å². The van der Waals surface area contributed by atoms with Gasteiger partial charge in [0.1, 0.15) is 0 Å². The van der Waals surface area contributed by atoms with Gasteiger partial charge in [-0.3, -0.25) is 0 Å². The summed E-state index contributed by atoms with van der Waals surface area (Å²) in [6, 6.07) is 7.73. The van der Waals surface area contributed by atoms with E-state index in [-0.39, 0.29) is 6.04 Å². The van der Waals surface area contributed by atoms with Gasteiger partial charge < -0.3 is 0 Å². The number of rotatable bonds is 4. The molecule has 2 rings (SSSR count). The van der Waals surface area contributed by atoms with Crippen LogP contribution in [0.15, 0.2) is 28.7 Å². The van der Waals surface area contributed by atoms with E-state index in [0.717, 1.165) is 29.3 Å². The van der Waals surface area contributed by atoms with Crippen molar-refractivity contribution in [3.63, 3.8) is 0 Å². The second-order valence-electron chi connectivity index (χ2n) is 4.91. The van der Waals surface area contributed by atoms with Crippen molar-refractivity contribution in [1.29, 1.82) is 0 Å². The number of hydrogen-bond acceptors (Lipinski definition) is 2. The number of nitrogens with one attached hydrogen (secondary N) is 1. The Hall–Kier alpha value is -0.430. The zero-order valence-electron chi connectivity index (χ0n) is 11.0. The highest BCUT2D eigenvalue weighted by atomic mass is 79.9. The SMILES string of the molecule is CC1CCCCN1S(=O)(=O)NCc1ccc(Br)cc1. The smallest absolute Gasteiger partial charge is 0.198 e. The lowest BCUT2D eigenvalue weighted by Crippen LogP contribution is -2.47. The fourth-order valence-electron chi connectivity index (χ4n) is 2.29. The van der Waals surface area contributed by atoms with Crippen molar-refractivity contribution < 1.29 is 8.42 Å².